The van der Waals surface area contributed by atoms with Gasteiger partial charge < -0.3 is 5.32 Å². The molecule has 2 aromatic carbocycles. The van der Waals surface area contributed by atoms with Crippen LogP contribution in [0.1, 0.15) is 5.56 Å². The third-order valence-electron chi connectivity index (χ3n) is 3.62. The van der Waals surface area contributed by atoms with Crippen molar-refractivity contribution >= 4 is 44.6 Å². The Hall–Kier alpha value is -1.95. The van der Waals surface area contributed by atoms with Gasteiger partial charge in [-0.1, -0.05) is 29.8 Å². The maximum atomic E-state index is 13.0. The molecule has 0 unspecified atom stereocenters. The molecule has 0 aliphatic carbocycles. The third kappa shape index (κ3) is 3.93. The molecule has 1 aromatic heterocycles. The Morgan fingerprint density at radius 1 is 1.29 bits per heavy atom. The number of carbonyl (C=O) groups excluding carboxylic acids is 1. The molecule has 6 heteroatoms. The van der Waals surface area contributed by atoms with Crippen molar-refractivity contribution in [1.29, 1.82) is 0 Å². The molecule has 0 atom stereocenters. The second kappa shape index (κ2) is 7.30. The van der Waals surface area contributed by atoms with Crippen LogP contribution in [0.4, 0.5) is 10.1 Å². The van der Waals surface area contributed by atoms with Gasteiger partial charge in [-0.05, 0) is 47.6 Å². The summed E-state index contributed by atoms with van der Waals surface area (Å²) in [4.78, 5) is 14.1. The fraction of sp³-hybridized carbons (Fsp3) is 0.167. The van der Waals surface area contributed by atoms with Gasteiger partial charge >= 0.3 is 0 Å². The maximum Gasteiger partial charge on any atom is 0.238 e. The van der Waals surface area contributed by atoms with Crippen LogP contribution in [0, 0.1) is 5.82 Å². The van der Waals surface area contributed by atoms with E-state index in [4.69, 9.17) is 11.6 Å². The van der Waals surface area contributed by atoms with Crippen LogP contribution in [0.3, 0.4) is 0 Å². The Bertz CT molecular complexity index is 880. The van der Waals surface area contributed by atoms with Gasteiger partial charge in [-0.2, -0.15) is 0 Å². The van der Waals surface area contributed by atoms with Crippen molar-refractivity contribution in [2.24, 2.45) is 0 Å². The highest BCUT2D eigenvalue weighted by atomic mass is 35.5. The van der Waals surface area contributed by atoms with Gasteiger partial charge in [0, 0.05) is 11.2 Å². The lowest BCUT2D eigenvalue weighted by Crippen LogP contribution is -2.29. The van der Waals surface area contributed by atoms with Crippen molar-refractivity contribution in [2.75, 3.05) is 18.9 Å². The third-order valence-corrected chi connectivity index (χ3v) is 4.95. The van der Waals surface area contributed by atoms with Crippen LogP contribution in [0.5, 0.6) is 0 Å². The number of hydrogen-bond donors (Lipinski definition) is 1. The van der Waals surface area contributed by atoms with Crippen LogP contribution in [-0.2, 0) is 11.3 Å². The van der Waals surface area contributed by atoms with E-state index >= 15 is 0 Å². The highest BCUT2D eigenvalue weighted by molar-refractivity contribution is 7.17. The lowest BCUT2D eigenvalue weighted by molar-refractivity contribution is -0.117. The minimum absolute atomic E-state index is 0.189. The normalized spacial score (nSPS) is 11.2. The molecular formula is C18H16ClFN2OS. The first-order valence-electron chi connectivity index (χ1n) is 7.41. The van der Waals surface area contributed by atoms with Crippen LogP contribution in [-0.4, -0.2) is 24.4 Å². The Labute approximate surface area is 148 Å². The van der Waals surface area contributed by atoms with Gasteiger partial charge in [0.15, 0.2) is 0 Å². The van der Waals surface area contributed by atoms with Crippen LogP contribution >= 0.6 is 22.9 Å². The summed E-state index contributed by atoms with van der Waals surface area (Å²) in [6, 6.07) is 12.1. The minimum atomic E-state index is -0.431. The summed E-state index contributed by atoms with van der Waals surface area (Å²) in [5, 5.41) is 6.24. The average molecular weight is 363 g/mol. The number of carbonyl (C=O) groups is 1. The Balaban J connectivity index is 1.62. The smallest absolute Gasteiger partial charge is 0.238 e. The lowest BCUT2D eigenvalue weighted by Gasteiger charge is -2.16. The molecule has 3 aromatic rings. The molecule has 0 bridgehead atoms. The quantitative estimate of drug-likeness (QED) is 0.709. The van der Waals surface area contributed by atoms with Gasteiger partial charge in [-0.3, -0.25) is 9.69 Å². The lowest BCUT2D eigenvalue weighted by atomic mass is 10.2. The van der Waals surface area contributed by atoms with E-state index in [0.29, 0.717) is 12.2 Å². The minimum Gasteiger partial charge on any atom is -0.324 e. The maximum absolute atomic E-state index is 13.0. The zero-order valence-corrected chi connectivity index (χ0v) is 14.6. The van der Waals surface area contributed by atoms with Gasteiger partial charge in [0.05, 0.1) is 17.3 Å². The molecule has 1 N–H and O–H groups in total. The van der Waals surface area contributed by atoms with Gasteiger partial charge in [0.2, 0.25) is 5.91 Å². The molecule has 24 heavy (non-hydrogen) atoms. The van der Waals surface area contributed by atoms with Crippen molar-refractivity contribution in [2.45, 2.75) is 6.54 Å². The van der Waals surface area contributed by atoms with E-state index in [1.165, 1.54) is 33.8 Å². The van der Waals surface area contributed by atoms with Gasteiger partial charge in [0.1, 0.15) is 5.82 Å². The molecule has 1 amide bonds. The largest absolute Gasteiger partial charge is 0.324 e. The number of halogens is 2. The number of amides is 1. The zero-order chi connectivity index (χ0) is 17.1. The first-order valence-corrected chi connectivity index (χ1v) is 8.67. The highest BCUT2D eigenvalue weighted by Crippen LogP contribution is 2.26. The Morgan fingerprint density at radius 2 is 2.08 bits per heavy atom. The van der Waals surface area contributed by atoms with Crippen LogP contribution in [0.15, 0.2) is 47.8 Å². The van der Waals surface area contributed by atoms with E-state index in [1.54, 1.807) is 11.3 Å². The van der Waals surface area contributed by atoms with E-state index in [1.807, 2.05) is 24.1 Å². The number of fused-ring (bicyclic) bond motifs is 1. The molecular weight excluding hydrogens is 347 g/mol. The number of likely N-dealkylation sites (N-methyl/N-ethyl adjacent to an activating group) is 1. The van der Waals surface area contributed by atoms with E-state index < -0.39 is 5.82 Å². The number of rotatable bonds is 5. The Kier molecular flexibility index (Phi) is 5.14. The predicted molar refractivity (Wildman–Crippen MR) is 98.2 cm³/mol. The number of nitrogens with one attached hydrogen (secondary N) is 1. The van der Waals surface area contributed by atoms with Gasteiger partial charge in [0.25, 0.3) is 0 Å². The number of anilines is 1. The van der Waals surface area contributed by atoms with Crippen molar-refractivity contribution in [3.63, 3.8) is 0 Å². The molecule has 124 valence electrons. The first kappa shape index (κ1) is 16.9. The molecule has 0 spiro atoms. The molecule has 0 aliphatic rings. The molecule has 0 fully saturated rings. The van der Waals surface area contributed by atoms with Crippen LogP contribution in [0.25, 0.3) is 10.1 Å². The average Bonchev–Trinajstić information content (AvgIpc) is 2.93. The number of benzene rings is 2. The molecule has 0 saturated carbocycles. The van der Waals surface area contributed by atoms with Crippen molar-refractivity contribution in [1.82, 2.24) is 4.90 Å². The molecule has 0 saturated heterocycles. The fourth-order valence-electron chi connectivity index (χ4n) is 2.53. The second-order valence-corrected chi connectivity index (χ2v) is 6.92. The predicted octanol–water partition coefficient (Wildman–Crippen LogP) is 4.76. The molecule has 0 radical (unpaired) electrons. The van der Waals surface area contributed by atoms with E-state index in [9.17, 15) is 9.18 Å². The first-order chi connectivity index (χ1) is 11.5. The second-order valence-electron chi connectivity index (χ2n) is 5.60. The number of nitrogens with zero attached hydrogens (tertiary/aromatic N) is 1. The summed E-state index contributed by atoms with van der Waals surface area (Å²) in [6.07, 6.45) is 0. The summed E-state index contributed by atoms with van der Waals surface area (Å²) in [5.74, 6) is -0.620. The van der Waals surface area contributed by atoms with E-state index in [-0.39, 0.29) is 17.5 Å². The summed E-state index contributed by atoms with van der Waals surface area (Å²) in [5.41, 5.74) is 1.61. The Morgan fingerprint density at radius 3 is 2.88 bits per heavy atom. The SMILES string of the molecule is CN(CC(=O)Nc1ccc(F)cc1Cl)Cc1csc2ccccc12. The van der Waals surface area contributed by atoms with Crippen LogP contribution < -0.4 is 5.32 Å². The molecule has 0 aliphatic heterocycles. The summed E-state index contributed by atoms with van der Waals surface area (Å²) < 4.78 is 14.3. The number of hydrogen-bond acceptors (Lipinski definition) is 3. The summed E-state index contributed by atoms with van der Waals surface area (Å²) >= 11 is 7.62. The monoisotopic (exact) mass is 362 g/mol. The van der Waals surface area contributed by atoms with Gasteiger partial charge in [-0.25, -0.2) is 4.39 Å². The fourth-order valence-corrected chi connectivity index (χ4v) is 3.70. The van der Waals surface area contributed by atoms with E-state index in [2.05, 4.69) is 22.8 Å². The standard InChI is InChI=1S/C18H16ClFN2OS/c1-22(9-12-11-24-17-5-3-2-4-14(12)17)10-18(23)21-16-7-6-13(20)8-15(16)19/h2-8,11H,9-10H2,1H3,(H,21,23). The van der Waals surface area contributed by atoms with Crippen molar-refractivity contribution in [3.05, 3.63) is 64.2 Å². The van der Waals surface area contributed by atoms with Crippen molar-refractivity contribution in [3.8, 4) is 0 Å². The topological polar surface area (TPSA) is 32.3 Å². The highest BCUT2D eigenvalue weighted by Gasteiger charge is 2.12. The molecule has 1 heterocycles. The zero-order valence-electron chi connectivity index (χ0n) is 13.1. The molecule has 3 nitrogen and oxygen atoms in total. The summed E-state index contributed by atoms with van der Waals surface area (Å²) in [7, 11) is 1.89. The molecule has 3 rings (SSSR count). The van der Waals surface area contributed by atoms with Gasteiger partial charge in [-0.15, -0.1) is 11.3 Å². The van der Waals surface area contributed by atoms with E-state index in [0.717, 1.165) is 0 Å². The number of thiophene rings is 1. The van der Waals surface area contributed by atoms with Crippen LogP contribution in [0.2, 0.25) is 5.02 Å². The van der Waals surface area contributed by atoms with Crippen molar-refractivity contribution < 1.29 is 9.18 Å². The summed E-state index contributed by atoms with van der Waals surface area (Å²) in [6.45, 7) is 0.895.